The van der Waals surface area contributed by atoms with Gasteiger partial charge in [-0.2, -0.15) is 0 Å². The molecule has 1 aromatic rings. The van der Waals surface area contributed by atoms with Crippen molar-refractivity contribution >= 4 is 11.8 Å². The highest BCUT2D eigenvalue weighted by molar-refractivity contribution is 5.96. The fourth-order valence-electron chi connectivity index (χ4n) is 3.26. The van der Waals surface area contributed by atoms with E-state index in [2.05, 4.69) is 0 Å². The number of quaternary nitrogens is 1. The van der Waals surface area contributed by atoms with E-state index in [0.717, 1.165) is 19.4 Å². The molecule has 25 heavy (non-hydrogen) atoms. The molecule has 0 spiro atoms. The summed E-state index contributed by atoms with van der Waals surface area (Å²) < 4.78 is 10.7. The molecule has 0 aromatic heterocycles. The van der Waals surface area contributed by atoms with Crippen LogP contribution in [0.1, 0.15) is 37.0 Å². The predicted octanol–water partition coefficient (Wildman–Crippen LogP) is 0.487. The van der Waals surface area contributed by atoms with Crippen LogP contribution >= 0.6 is 0 Å². The van der Waals surface area contributed by atoms with Gasteiger partial charge >= 0.3 is 5.97 Å². The molecule has 2 rings (SSSR count). The quantitative estimate of drug-likeness (QED) is 0.527. The summed E-state index contributed by atoms with van der Waals surface area (Å²) in [6.07, 6.45) is 1.14. The van der Waals surface area contributed by atoms with Crippen LogP contribution in [0.2, 0.25) is 0 Å². The van der Waals surface area contributed by atoms with Crippen LogP contribution in [0.3, 0.4) is 0 Å². The molecule has 0 amide bonds. The van der Waals surface area contributed by atoms with Crippen molar-refractivity contribution in [3.63, 3.8) is 0 Å². The summed E-state index contributed by atoms with van der Waals surface area (Å²) in [5.74, 6) is 0.201. The fourth-order valence-corrected chi connectivity index (χ4v) is 3.26. The molecule has 0 aliphatic carbocycles. The van der Waals surface area contributed by atoms with Gasteiger partial charge in [0.1, 0.15) is 30.9 Å². The summed E-state index contributed by atoms with van der Waals surface area (Å²) in [5, 5.41) is 10.3. The Morgan fingerprint density at radius 1 is 1.36 bits per heavy atom. The number of rotatable bonds is 8. The van der Waals surface area contributed by atoms with Crippen molar-refractivity contribution < 1.29 is 29.1 Å². The number of likely N-dealkylation sites (tertiary alicyclic amines) is 1. The Morgan fingerprint density at radius 3 is 2.84 bits per heavy atom. The molecule has 1 fully saturated rings. The van der Waals surface area contributed by atoms with Crippen molar-refractivity contribution in [1.29, 1.82) is 0 Å². The average Bonchev–Trinajstić information content (AvgIpc) is 2.60. The van der Waals surface area contributed by atoms with E-state index in [1.165, 1.54) is 11.8 Å². The summed E-state index contributed by atoms with van der Waals surface area (Å²) in [6.45, 7) is 5.95. The van der Waals surface area contributed by atoms with Gasteiger partial charge in [-0.05, 0) is 38.8 Å². The van der Waals surface area contributed by atoms with Crippen LogP contribution in [0.5, 0.6) is 5.75 Å². The Morgan fingerprint density at radius 2 is 2.12 bits per heavy atom. The molecule has 1 unspecified atom stereocenters. The van der Waals surface area contributed by atoms with Gasteiger partial charge in [0.15, 0.2) is 5.78 Å². The van der Waals surface area contributed by atoms with E-state index in [1.807, 2.05) is 6.92 Å². The maximum Gasteiger partial charge on any atom is 0.314 e. The normalized spacial score (nSPS) is 21.4. The molecule has 1 aliphatic rings. The maximum atomic E-state index is 11.9. The number of nitrogens with one attached hydrogen (secondary N) is 1. The molecular formula is C19H28NO5+. The molecule has 6 heteroatoms. The summed E-state index contributed by atoms with van der Waals surface area (Å²) in [5.41, 5.74) is 0.516. The number of ketones is 1. The molecule has 138 valence electrons. The zero-order valence-corrected chi connectivity index (χ0v) is 15.0. The van der Waals surface area contributed by atoms with Gasteiger partial charge in [0, 0.05) is 0 Å². The van der Waals surface area contributed by atoms with Gasteiger partial charge in [0.2, 0.25) is 0 Å². The lowest BCUT2D eigenvalue weighted by molar-refractivity contribution is -0.910. The minimum atomic E-state index is -0.657. The van der Waals surface area contributed by atoms with Crippen molar-refractivity contribution in [1.82, 2.24) is 0 Å². The zero-order valence-electron chi connectivity index (χ0n) is 15.0. The van der Waals surface area contributed by atoms with Crippen molar-refractivity contribution in [2.75, 3.05) is 32.8 Å². The number of hydrogen-bond acceptors (Lipinski definition) is 5. The zero-order chi connectivity index (χ0) is 18.2. The lowest BCUT2D eigenvalue weighted by Crippen LogP contribution is -3.15. The molecule has 6 nitrogen and oxygen atoms in total. The number of ether oxygens (including phenoxy) is 2. The van der Waals surface area contributed by atoms with E-state index in [0.29, 0.717) is 31.0 Å². The lowest BCUT2D eigenvalue weighted by atomic mass is 9.98. The molecule has 1 heterocycles. The largest absolute Gasteiger partial charge is 0.490 e. The van der Waals surface area contributed by atoms with Gasteiger partial charge < -0.3 is 19.5 Å². The molecule has 0 radical (unpaired) electrons. The number of benzene rings is 1. The number of aliphatic hydroxyl groups is 1. The second-order valence-corrected chi connectivity index (χ2v) is 6.52. The topological polar surface area (TPSA) is 77.3 Å². The number of piperidine rings is 1. The first-order chi connectivity index (χ1) is 12.0. The summed E-state index contributed by atoms with van der Waals surface area (Å²) in [7, 11) is 0. The summed E-state index contributed by atoms with van der Waals surface area (Å²) >= 11 is 0. The molecule has 2 N–H and O–H groups in total. The number of Topliss-reactive ketones (excluding diaryl/α,β-unsaturated/α-hetero) is 1. The highest BCUT2D eigenvalue weighted by Crippen LogP contribution is 2.18. The summed E-state index contributed by atoms with van der Waals surface area (Å²) in [6, 6.07) is 7.03. The molecule has 1 aromatic carbocycles. The number of hydrogen-bond donors (Lipinski definition) is 2. The number of aliphatic hydroxyl groups excluding tert-OH is 1. The van der Waals surface area contributed by atoms with Gasteiger partial charge in [-0.1, -0.05) is 12.1 Å². The van der Waals surface area contributed by atoms with E-state index >= 15 is 0 Å². The maximum absolute atomic E-state index is 11.9. The molecule has 0 saturated carbocycles. The van der Waals surface area contributed by atoms with Gasteiger partial charge in [-0.3, -0.25) is 9.59 Å². The van der Waals surface area contributed by atoms with Gasteiger partial charge in [0.25, 0.3) is 0 Å². The summed E-state index contributed by atoms with van der Waals surface area (Å²) in [4.78, 5) is 24.7. The lowest BCUT2D eigenvalue weighted by Gasteiger charge is -2.30. The molecule has 3 atom stereocenters. The van der Waals surface area contributed by atoms with Crippen LogP contribution in [-0.4, -0.2) is 55.8 Å². The van der Waals surface area contributed by atoms with Crippen molar-refractivity contribution in [2.24, 2.45) is 5.92 Å². The minimum Gasteiger partial charge on any atom is -0.490 e. The van der Waals surface area contributed by atoms with Crippen LogP contribution < -0.4 is 9.64 Å². The number of carbonyl (C=O) groups excluding carboxylic acids is 2. The Hall–Kier alpha value is -1.92. The minimum absolute atomic E-state index is 0.0657. The first kappa shape index (κ1) is 19.4. The second-order valence-electron chi connectivity index (χ2n) is 6.52. The fraction of sp³-hybridized carbons (Fsp3) is 0.579. The Kier molecular flexibility index (Phi) is 7.40. The highest BCUT2D eigenvalue weighted by atomic mass is 16.5. The van der Waals surface area contributed by atoms with Gasteiger partial charge in [-0.25, -0.2) is 0 Å². The monoisotopic (exact) mass is 350 g/mol. The third-order valence-corrected chi connectivity index (χ3v) is 4.46. The molecule has 1 saturated heterocycles. The van der Waals surface area contributed by atoms with Crippen LogP contribution in [0.25, 0.3) is 0 Å². The van der Waals surface area contributed by atoms with Gasteiger partial charge in [0.05, 0.1) is 25.3 Å². The third-order valence-electron chi connectivity index (χ3n) is 4.46. The first-order valence-electron chi connectivity index (χ1n) is 8.92. The number of para-hydroxylation sites is 1. The van der Waals surface area contributed by atoms with E-state index in [9.17, 15) is 14.7 Å². The first-order valence-corrected chi connectivity index (χ1v) is 8.92. The predicted molar refractivity (Wildman–Crippen MR) is 92.9 cm³/mol. The van der Waals surface area contributed by atoms with Crippen molar-refractivity contribution in [3.8, 4) is 5.75 Å². The van der Waals surface area contributed by atoms with Crippen LogP contribution in [0, 0.1) is 5.92 Å². The average molecular weight is 350 g/mol. The third kappa shape index (κ3) is 5.83. The van der Waals surface area contributed by atoms with E-state index < -0.39 is 6.10 Å². The number of esters is 1. The molecular weight excluding hydrogens is 322 g/mol. The van der Waals surface area contributed by atoms with Crippen molar-refractivity contribution in [2.45, 2.75) is 32.8 Å². The van der Waals surface area contributed by atoms with Crippen LogP contribution in [-0.2, 0) is 9.53 Å². The standard InChI is InChI=1S/C19H27NO5/c1-3-24-19(23)15-7-6-10-20(11-15)12-16(22)13-25-18-9-5-4-8-17(18)14(2)21/h4-5,8-9,15-16,22H,3,6-7,10-13H2,1-2H3/p+1/t15-,16-/m0/s1. The highest BCUT2D eigenvalue weighted by Gasteiger charge is 2.30. The number of carbonyl (C=O) groups is 2. The molecule has 0 bridgehead atoms. The van der Waals surface area contributed by atoms with Crippen molar-refractivity contribution in [3.05, 3.63) is 29.8 Å². The Bertz CT molecular complexity index is 589. The second kappa shape index (κ2) is 9.53. The van der Waals surface area contributed by atoms with E-state index in [4.69, 9.17) is 9.47 Å². The Balaban J connectivity index is 1.83. The SMILES string of the molecule is CCOC(=O)[C@H]1CCC[NH+](C[C@H](O)COc2ccccc2C(C)=O)C1. The van der Waals surface area contributed by atoms with E-state index in [-0.39, 0.29) is 24.3 Å². The smallest absolute Gasteiger partial charge is 0.314 e. The van der Waals surface area contributed by atoms with Gasteiger partial charge in [-0.15, -0.1) is 0 Å². The Labute approximate surface area is 148 Å². The van der Waals surface area contributed by atoms with Crippen LogP contribution in [0.15, 0.2) is 24.3 Å². The van der Waals surface area contributed by atoms with Crippen LogP contribution in [0.4, 0.5) is 0 Å². The van der Waals surface area contributed by atoms with E-state index in [1.54, 1.807) is 24.3 Å². The molecule has 1 aliphatic heterocycles.